The number of rotatable bonds is 5. The third kappa shape index (κ3) is 3.85. The van der Waals surface area contributed by atoms with E-state index < -0.39 is 0 Å². The summed E-state index contributed by atoms with van der Waals surface area (Å²) in [5, 5.41) is 5.39. The summed E-state index contributed by atoms with van der Waals surface area (Å²) in [6, 6.07) is 0.253. The lowest BCUT2D eigenvalue weighted by Gasteiger charge is -2.15. The fourth-order valence-electron chi connectivity index (χ4n) is 0.939. The molecule has 2 unspecified atom stereocenters. The van der Waals surface area contributed by atoms with Crippen LogP contribution in [0.3, 0.4) is 0 Å². The molecular formula is C9H17N3S. The second-order valence-electron chi connectivity index (χ2n) is 3.45. The van der Waals surface area contributed by atoms with Crippen LogP contribution in [0.25, 0.3) is 0 Å². The lowest BCUT2D eigenvalue weighted by Crippen LogP contribution is -2.32. The number of aromatic nitrogens is 1. The predicted molar refractivity (Wildman–Crippen MR) is 56.6 cm³/mol. The van der Waals surface area contributed by atoms with Crippen molar-refractivity contribution in [2.24, 2.45) is 11.7 Å². The van der Waals surface area contributed by atoms with E-state index in [-0.39, 0.29) is 6.04 Å². The molecule has 0 amide bonds. The Hall–Kier alpha value is -0.450. The summed E-state index contributed by atoms with van der Waals surface area (Å²) in [6.45, 7) is 5.99. The molecule has 4 heteroatoms. The molecule has 0 saturated heterocycles. The maximum atomic E-state index is 5.74. The van der Waals surface area contributed by atoms with Crippen LogP contribution in [0.4, 0.5) is 0 Å². The van der Waals surface area contributed by atoms with Crippen LogP contribution in [-0.2, 0) is 6.54 Å². The minimum Gasteiger partial charge on any atom is -0.328 e. The van der Waals surface area contributed by atoms with Gasteiger partial charge in [-0.1, -0.05) is 6.92 Å². The third-order valence-electron chi connectivity index (χ3n) is 2.15. The fraction of sp³-hybridized carbons (Fsp3) is 0.667. The van der Waals surface area contributed by atoms with Gasteiger partial charge in [0.25, 0.3) is 0 Å². The Balaban J connectivity index is 2.14. The van der Waals surface area contributed by atoms with E-state index in [1.165, 1.54) is 0 Å². The quantitative estimate of drug-likeness (QED) is 0.749. The van der Waals surface area contributed by atoms with Gasteiger partial charge in [0.1, 0.15) is 0 Å². The number of thiazole rings is 1. The topological polar surface area (TPSA) is 50.9 Å². The molecule has 0 saturated carbocycles. The number of nitrogens with two attached hydrogens (primary N) is 1. The first-order chi connectivity index (χ1) is 6.20. The third-order valence-corrected chi connectivity index (χ3v) is 2.79. The zero-order valence-corrected chi connectivity index (χ0v) is 8.97. The van der Waals surface area contributed by atoms with E-state index in [1.54, 1.807) is 11.3 Å². The second-order valence-corrected chi connectivity index (χ2v) is 4.17. The van der Waals surface area contributed by atoms with Gasteiger partial charge in [-0.05, 0) is 19.4 Å². The van der Waals surface area contributed by atoms with Crippen molar-refractivity contribution in [3.63, 3.8) is 0 Å². The van der Waals surface area contributed by atoms with E-state index in [1.807, 2.05) is 12.4 Å². The molecule has 1 aromatic heterocycles. The van der Waals surface area contributed by atoms with Gasteiger partial charge in [0.2, 0.25) is 0 Å². The molecule has 0 aliphatic rings. The Kier molecular flexibility index (Phi) is 4.35. The first kappa shape index (κ1) is 10.6. The summed E-state index contributed by atoms with van der Waals surface area (Å²) in [7, 11) is 0. The van der Waals surface area contributed by atoms with Gasteiger partial charge in [0, 0.05) is 18.0 Å². The highest BCUT2D eigenvalue weighted by Gasteiger charge is 2.06. The number of nitrogens with zero attached hydrogens (tertiary/aromatic N) is 1. The van der Waals surface area contributed by atoms with Gasteiger partial charge in [0.15, 0.2) is 0 Å². The van der Waals surface area contributed by atoms with Crippen LogP contribution >= 0.6 is 11.3 Å². The highest BCUT2D eigenvalue weighted by molar-refractivity contribution is 7.07. The molecule has 1 heterocycles. The summed E-state index contributed by atoms with van der Waals surface area (Å²) < 4.78 is 0. The Labute approximate surface area is 83.4 Å². The van der Waals surface area contributed by atoms with Gasteiger partial charge in [-0.25, -0.2) is 4.98 Å². The summed E-state index contributed by atoms with van der Waals surface area (Å²) >= 11 is 1.63. The molecule has 0 aromatic carbocycles. The van der Waals surface area contributed by atoms with E-state index in [9.17, 15) is 0 Å². The van der Waals surface area contributed by atoms with Crippen LogP contribution in [0.2, 0.25) is 0 Å². The minimum absolute atomic E-state index is 0.253. The minimum atomic E-state index is 0.253. The SMILES string of the molecule is CC(N)C(C)CNCc1cscn1. The lowest BCUT2D eigenvalue weighted by molar-refractivity contribution is 0.444. The van der Waals surface area contributed by atoms with E-state index in [0.29, 0.717) is 5.92 Å². The molecule has 3 nitrogen and oxygen atoms in total. The normalized spacial score (nSPS) is 15.6. The molecular weight excluding hydrogens is 182 g/mol. The van der Waals surface area contributed by atoms with Crippen LogP contribution < -0.4 is 11.1 Å². The molecule has 1 rings (SSSR count). The van der Waals surface area contributed by atoms with Gasteiger partial charge < -0.3 is 11.1 Å². The molecule has 0 aliphatic carbocycles. The van der Waals surface area contributed by atoms with Crippen molar-refractivity contribution < 1.29 is 0 Å². The number of hydrogen-bond donors (Lipinski definition) is 2. The molecule has 0 aliphatic heterocycles. The van der Waals surface area contributed by atoms with Crippen molar-refractivity contribution in [2.45, 2.75) is 26.4 Å². The number of nitrogens with one attached hydrogen (secondary N) is 1. The molecule has 74 valence electrons. The molecule has 1 aromatic rings. The van der Waals surface area contributed by atoms with E-state index in [2.05, 4.69) is 22.6 Å². The molecule has 13 heavy (non-hydrogen) atoms. The van der Waals surface area contributed by atoms with Crippen LogP contribution in [0.5, 0.6) is 0 Å². The molecule has 0 spiro atoms. The molecule has 0 fully saturated rings. The smallest absolute Gasteiger partial charge is 0.0795 e. The Morgan fingerprint density at radius 1 is 1.62 bits per heavy atom. The van der Waals surface area contributed by atoms with Gasteiger partial charge in [0.05, 0.1) is 11.2 Å². The summed E-state index contributed by atoms with van der Waals surface area (Å²) in [6.07, 6.45) is 0. The van der Waals surface area contributed by atoms with Crippen LogP contribution in [0, 0.1) is 5.92 Å². The monoisotopic (exact) mass is 199 g/mol. The molecule has 3 N–H and O–H groups in total. The summed E-state index contributed by atoms with van der Waals surface area (Å²) in [5.41, 5.74) is 8.71. The van der Waals surface area contributed by atoms with Crippen LogP contribution in [0.15, 0.2) is 10.9 Å². The lowest BCUT2D eigenvalue weighted by atomic mass is 10.1. The molecule has 2 atom stereocenters. The van der Waals surface area contributed by atoms with Crippen molar-refractivity contribution in [2.75, 3.05) is 6.54 Å². The van der Waals surface area contributed by atoms with Crippen molar-refractivity contribution in [1.82, 2.24) is 10.3 Å². The van der Waals surface area contributed by atoms with Gasteiger partial charge in [-0.3, -0.25) is 0 Å². The average Bonchev–Trinajstić information content (AvgIpc) is 2.56. The average molecular weight is 199 g/mol. The first-order valence-corrected chi connectivity index (χ1v) is 5.47. The van der Waals surface area contributed by atoms with E-state index in [0.717, 1.165) is 18.8 Å². The van der Waals surface area contributed by atoms with E-state index in [4.69, 9.17) is 5.73 Å². The predicted octanol–water partition coefficient (Wildman–Crippen LogP) is 1.22. The van der Waals surface area contributed by atoms with Crippen molar-refractivity contribution in [1.29, 1.82) is 0 Å². The van der Waals surface area contributed by atoms with Gasteiger partial charge >= 0.3 is 0 Å². The summed E-state index contributed by atoms with van der Waals surface area (Å²) in [5.74, 6) is 0.513. The zero-order valence-electron chi connectivity index (χ0n) is 8.16. The maximum Gasteiger partial charge on any atom is 0.0795 e. The highest BCUT2D eigenvalue weighted by Crippen LogP contribution is 2.01. The van der Waals surface area contributed by atoms with Gasteiger partial charge in [-0.15, -0.1) is 11.3 Å². The Morgan fingerprint density at radius 2 is 2.38 bits per heavy atom. The highest BCUT2D eigenvalue weighted by atomic mass is 32.1. The largest absolute Gasteiger partial charge is 0.328 e. The van der Waals surface area contributed by atoms with Crippen molar-refractivity contribution in [3.05, 3.63) is 16.6 Å². The molecule has 0 bridgehead atoms. The summed E-state index contributed by atoms with van der Waals surface area (Å²) in [4.78, 5) is 4.18. The number of hydrogen-bond acceptors (Lipinski definition) is 4. The van der Waals surface area contributed by atoms with Crippen LogP contribution in [-0.4, -0.2) is 17.6 Å². The molecule has 0 radical (unpaired) electrons. The Bertz CT molecular complexity index is 221. The van der Waals surface area contributed by atoms with Crippen LogP contribution in [0.1, 0.15) is 19.5 Å². The standard InChI is InChI=1S/C9H17N3S/c1-7(8(2)10)3-11-4-9-5-13-6-12-9/h5-8,11H,3-4,10H2,1-2H3. The fourth-order valence-corrected chi connectivity index (χ4v) is 1.50. The van der Waals surface area contributed by atoms with Crippen molar-refractivity contribution in [3.8, 4) is 0 Å². The van der Waals surface area contributed by atoms with Crippen molar-refractivity contribution >= 4 is 11.3 Å². The zero-order chi connectivity index (χ0) is 9.68. The second kappa shape index (κ2) is 5.32. The van der Waals surface area contributed by atoms with E-state index >= 15 is 0 Å². The first-order valence-electron chi connectivity index (χ1n) is 4.53. The van der Waals surface area contributed by atoms with Gasteiger partial charge in [-0.2, -0.15) is 0 Å². The maximum absolute atomic E-state index is 5.74. The Morgan fingerprint density at radius 3 is 2.92 bits per heavy atom.